The van der Waals surface area contributed by atoms with Crippen LogP contribution < -0.4 is 31.1 Å². The van der Waals surface area contributed by atoms with E-state index in [-0.39, 0.29) is 44.9 Å². The van der Waals surface area contributed by atoms with Crippen LogP contribution in [0.5, 0.6) is 0 Å². The SMILES string of the molecule is CC(C)(C)c1ccc(N2c3ccc(C(C)(C)C)cc3B3c4cccc5c4N(c4cc(N6c7ccc(C(C)(C)C)cc7C7(c8ccccc8)CCCCC67C)cc2c43)C2(C)CCCCC52C)cc1. The maximum atomic E-state index is 2.93. The molecule has 0 amide bonds. The molecule has 6 aromatic rings. The number of benzene rings is 6. The molecule has 0 spiro atoms. The van der Waals surface area contributed by atoms with Gasteiger partial charge in [-0.05, 0) is 142 Å². The summed E-state index contributed by atoms with van der Waals surface area (Å²) >= 11 is 0. The predicted molar refractivity (Wildman–Crippen MR) is 287 cm³/mol. The van der Waals surface area contributed by atoms with E-state index in [2.05, 4.69) is 219 Å². The fourth-order valence-electron chi connectivity index (χ4n) is 14.9. The van der Waals surface area contributed by atoms with Gasteiger partial charge in [0.2, 0.25) is 0 Å². The highest BCUT2D eigenvalue weighted by Gasteiger charge is 2.64. The maximum absolute atomic E-state index is 2.93. The van der Waals surface area contributed by atoms with E-state index >= 15 is 0 Å². The molecule has 67 heavy (non-hydrogen) atoms. The molecule has 12 rings (SSSR count). The fraction of sp³-hybridized carbons (Fsp3) is 0.429. The highest BCUT2D eigenvalue weighted by Crippen LogP contribution is 2.66. The van der Waals surface area contributed by atoms with E-state index < -0.39 is 0 Å². The second-order valence-corrected chi connectivity index (χ2v) is 25.4. The van der Waals surface area contributed by atoms with Crippen molar-refractivity contribution in [3.63, 3.8) is 0 Å². The molecule has 0 saturated heterocycles. The summed E-state index contributed by atoms with van der Waals surface area (Å²) in [6, 6.07) is 49.1. The molecule has 0 aromatic heterocycles. The number of rotatable bonds is 3. The highest BCUT2D eigenvalue weighted by molar-refractivity contribution is 7.00. The Hall–Kier alpha value is -5.22. The minimum absolute atomic E-state index is 0.00705. The maximum Gasteiger partial charge on any atom is 0.252 e. The molecule has 2 saturated carbocycles. The van der Waals surface area contributed by atoms with Crippen LogP contribution in [-0.2, 0) is 27.1 Å². The van der Waals surface area contributed by atoms with Gasteiger partial charge in [-0.15, -0.1) is 0 Å². The van der Waals surface area contributed by atoms with Crippen molar-refractivity contribution in [2.24, 2.45) is 0 Å². The molecule has 342 valence electrons. The molecule has 4 atom stereocenters. The normalized spacial score (nSPS) is 25.9. The first-order chi connectivity index (χ1) is 31.7. The molecule has 2 aliphatic carbocycles. The zero-order valence-corrected chi connectivity index (χ0v) is 42.6. The van der Waals surface area contributed by atoms with Gasteiger partial charge in [0.15, 0.2) is 0 Å². The molecule has 3 nitrogen and oxygen atoms in total. The van der Waals surface area contributed by atoms with Crippen LogP contribution in [0.4, 0.5) is 39.8 Å². The third-order valence-electron chi connectivity index (χ3n) is 18.8. The van der Waals surface area contributed by atoms with E-state index in [1.165, 1.54) is 123 Å². The van der Waals surface area contributed by atoms with Crippen LogP contribution in [0.25, 0.3) is 0 Å². The van der Waals surface area contributed by atoms with Crippen molar-refractivity contribution >= 4 is 62.9 Å². The van der Waals surface area contributed by atoms with Gasteiger partial charge >= 0.3 is 0 Å². The molecular formula is C63H72BN3. The van der Waals surface area contributed by atoms with Crippen LogP contribution in [0.1, 0.15) is 168 Å². The lowest BCUT2D eigenvalue weighted by Crippen LogP contribution is -2.64. The molecule has 2 fully saturated rings. The number of anilines is 7. The van der Waals surface area contributed by atoms with Gasteiger partial charge in [0, 0.05) is 50.6 Å². The lowest BCUT2D eigenvalue weighted by atomic mass is 9.33. The van der Waals surface area contributed by atoms with Gasteiger partial charge in [0.05, 0.1) is 11.1 Å². The largest absolute Gasteiger partial charge is 0.335 e. The van der Waals surface area contributed by atoms with Gasteiger partial charge in [-0.1, -0.05) is 180 Å². The molecule has 4 heterocycles. The van der Waals surface area contributed by atoms with Gasteiger partial charge in [0.1, 0.15) is 0 Å². The Balaban J connectivity index is 1.20. The summed E-state index contributed by atoms with van der Waals surface area (Å²) in [4.78, 5) is 8.49. The van der Waals surface area contributed by atoms with Gasteiger partial charge < -0.3 is 14.7 Å². The Morgan fingerprint density at radius 2 is 1.04 bits per heavy atom. The van der Waals surface area contributed by atoms with Crippen LogP contribution in [-0.4, -0.2) is 17.8 Å². The van der Waals surface area contributed by atoms with Gasteiger partial charge in [-0.2, -0.15) is 0 Å². The Morgan fingerprint density at radius 3 is 1.73 bits per heavy atom. The Labute approximate surface area is 403 Å². The topological polar surface area (TPSA) is 9.72 Å². The quantitative estimate of drug-likeness (QED) is 0.164. The van der Waals surface area contributed by atoms with Crippen molar-refractivity contribution < 1.29 is 0 Å². The van der Waals surface area contributed by atoms with E-state index in [1.807, 2.05) is 0 Å². The average Bonchev–Trinajstić information content (AvgIpc) is 3.66. The van der Waals surface area contributed by atoms with Crippen molar-refractivity contribution in [1.29, 1.82) is 0 Å². The summed E-state index contributed by atoms with van der Waals surface area (Å²) < 4.78 is 0. The zero-order chi connectivity index (χ0) is 46.8. The first-order valence-electron chi connectivity index (χ1n) is 25.9. The van der Waals surface area contributed by atoms with Crippen molar-refractivity contribution in [1.82, 2.24) is 0 Å². The number of nitrogens with zero attached hydrogens (tertiary/aromatic N) is 3. The highest BCUT2D eigenvalue weighted by atomic mass is 15.3. The van der Waals surface area contributed by atoms with E-state index in [1.54, 1.807) is 5.56 Å². The number of hydrogen-bond donors (Lipinski definition) is 0. The van der Waals surface area contributed by atoms with Crippen molar-refractivity contribution in [2.75, 3.05) is 14.7 Å². The minimum Gasteiger partial charge on any atom is -0.335 e. The van der Waals surface area contributed by atoms with Crippen LogP contribution in [0.3, 0.4) is 0 Å². The van der Waals surface area contributed by atoms with Gasteiger partial charge in [-0.3, -0.25) is 0 Å². The molecule has 6 aliphatic rings. The van der Waals surface area contributed by atoms with E-state index in [9.17, 15) is 0 Å². The van der Waals surface area contributed by atoms with E-state index in [0.29, 0.717) is 0 Å². The third-order valence-corrected chi connectivity index (χ3v) is 18.8. The summed E-state index contributed by atoms with van der Waals surface area (Å²) in [5.74, 6) is 0. The zero-order valence-electron chi connectivity index (χ0n) is 42.6. The number of fused-ring (bicyclic) bond motifs is 10. The average molecular weight is 882 g/mol. The van der Waals surface area contributed by atoms with Crippen LogP contribution in [0.2, 0.25) is 0 Å². The standard InChI is InChI=1S/C63H72BN3/c1-57(2,3)41-25-29-45(30-26-41)65-52-32-28-44(59(7,8)9)38-50(52)64-49-24-20-23-47-56(49)67(61(11)34-17-16-33-60(47,61)10)54-40-46(39-53(65)55(54)64)66-51-31-27-43(58(4,5)6)37-48(51)63(42-21-14-13-15-22-42)36-19-18-35-62(63,66)12/h13-15,20-32,37-40H,16-19,33-36H2,1-12H3. The minimum atomic E-state index is -0.203. The second-order valence-electron chi connectivity index (χ2n) is 25.4. The Kier molecular flexibility index (Phi) is 8.97. The van der Waals surface area contributed by atoms with Crippen LogP contribution >= 0.6 is 0 Å². The molecule has 4 aliphatic heterocycles. The monoisotopic (exact) mass is 882 g/mol. The summed E-state index contributed by atoms with van der Waals surface area (Å²) in [5, 5.41) is 0. The summed E-state index contributed by atoms with van der Waals surface area (Å²) in [5.41, 5.74) is 22.2. The van der Waals surface area contributed by atoms with Crippen molar-refractivity contribution in [3.8, 4) is 0 Å². The molecular weight excluding hydrogens is 810 g/mol. The van der Waals surface area contributed by atoms with E-state index in [4.69, 9.17) is 0 Å². The Morgan fingerprint density at radius 1 is 0.448 bits per heavy atom. The molecule has 4 heteroatoms. The lowest BCUT2D eigenvalue weighted by Gasteiger charge is -2.54. The molecule has 0 bridgehead atoms. The second kappa shape index (κ2) is 14.0. The Bertz CT molecular complexity index is 3000. The molecule has 4 unspecified atom stereocenters. The summed E-state index contributed by atoms with van der Waals surface area (Å²) in [6.45, 7) is 29.3. The fourth-order valence-corrected chi connectivity index (χ4v) is 14.9. The number of hydrogen-bond acceptors (Lipinski definition) is 3. The van der Waals surface area contributed by atoms with Crippen molar-refractivity contribution in [2.45, 2.75) is 173 Å². The lowest BCUT2D eigenvalue weighted by molar-refractivity contribution is 0.195. The molecule has 0 N–H and O–H groups in total. The summed E-state index contributed by atoms with van der Waals surface area (Å²) in [7, 11) is 0. The number of para-hydroxylation sites is 1. The van der Waals surface area contributed by atoms with Crippen LogP contribution in [0.15, 0.2) is 121 Å². The van der Waals surface area contributed by atoms with Crippen molar-refractivity contribution in [3.05, 3.63) is 155 Å². The van der Waals surface area contributed by atoms with Gasteiger partial charge in [0.25, 0.3) is 6.71 Å². The first kappa shape index (κ1) is 43.1. The van der Waals surface area contributed by atoms with Crippen LogP contribution in [0, 0.1) is 0 Å². The van der Waals surface area contributed by atoms with Gasteiger partial charge in [-0.25, -0.2) is 0 Å². The summed E-state index contributed by atoms with van der Waals surface area (Å²) in [6.07, 6.45) is 9.64. The predicted octanol–water partition coefficient (Wildman–Crippen LogP) is 14.7. The van der Waals surface area contributed by atoms with E-state index in [0.717, 1.165) is 12.8 Å². The molecule has 6 aromatic carbocycles. The first-order valence-corrected chi connectivity index (χ1v) is 25.9. The smallest absolute Gasteiger partial charge is 0.252 e. The molecule has 0 radical (unpaired) electrons. The third kappa shape index (κ3) is 5.65.